The van der Waals surface area contributed by atoms with E-state index in [1.54, 1.807) is 18.4 Å². The van der Waals surface area contributed by atoms with E-state index >= 15 is 0 Å². The van der Waals surface area contributed by atoms with E-state index in [1.807, 2.05) is 13.8 Å². The van der Waals surface area contributed by atoms with Gasteiger partial charge in [-0.15, -0.1) is 11.3 Å². The van der Waals surface area contributed by atoms with Gasteiger partial charge in [-0.05, 0) is 13.8 Å². The van der Waals surface area contributed by atoms with E-state index in [2.05, 4.69) is 15.6 Å². The Morgan fingerprint density at radius 2 is 2.33 bits per heavy atom. The highest BCUT2D eigenvalue weighted by Gasteiger charge is 2.28. The molecule has 0 aliphatic carbocycles. The van der Waals surface area contributed by atoms with Crippen LogP contribution in [0.25, 0.3) is 0 Å². The molecule has 0 spiro atoms. The molecule has 1 aliphatic rings. The number of aromatic nitrogens is 1. The van der Waals surface area contributed by atoms with Crippen molar-refractivity contribution in [1.29, 1.82) is 0 Å². The van der Waals surface area contributed by atoms with Gasteiger partial charge in [0.2, 0.25) is 5.91 Å². The summed E-state index contributed by atoms with van der Waals surface area (Å²) in [5.74, 6) is 0.0131. The Bertz CT molecular complexity index is 433. The molecule has 2 atom stereocenters. The van der Waals surface area contributed by atoms with Gasteiger partial charge in [-0.3, -0.25) is 4.79 Å². The topological polar surface area (TPSA) is 63.2 Å². The van der Waals surface area contributed by atoms with Crippen molar-refractivity contribution in [1.82, 2.24) is 15.6 Å². The van der Waals surface area contributed by atoms with Crippen LogP contribution in [-0.4, -0.2) is 43.2 Å². The highest BCUT2D eigenvalue weighted by molar-refractivity contribution is 7.11. The lowest BCUT2D eigenvalue weighted by molar-refractivity contribution is -0.121. The van der Waals surface area contributed by atoms with Gasteiger partial charge in [-0.1, -0.05) is 0 Å². The van der Waals surface area contributed by atoms with E-state index in [0.717, 1.165) is 28.7 Å². The van der Waals surface area contributed by atoms with E-state index in [1.165, 1.54) is 0 Å². The number of aryl methyl sites for hydroxylation is 2. The Morgan fingerprint density at radius 1 is 1.56 bits per heavy atom. The number of rotatable bonds is 4. The van der Waals surface area contributed by atoms with Crippen LogP contribution in [-0.2, 0) is 16.0 Å². The van der Waals surface area contributed by atoms with Crippen molar-refractivity contribution in [3.63, 3.8) is 0 Å². The number of carbonyl (C=O) groups is 1. The largest absolute Gasteiger partial charge is 0.378 e. The van der Waals surface area contributed by atoms with E-state index in [0.29, 0.717) is 6.42 Å². The summed E-state index contributed by atoms with van der Waals surface area (Å²) in [5, 5.41) is 7.21. The molecule has 6 heteroatoms. The molecule has 0 radical (unpaired) electrons. The van der Waals surface area contributed by atoms with Crippen LogP contribution in [0.15, 0.2) is 0 Å². The predicted octanol–water partition coefficient (Wildman–Crippen LogP) is 0.405. The summed E-state index contributed by atoms with van der Waals surface area (Å²) < 4.78 is 5.31. The third kappa shape index (κ3) is 3.07. The Balaban J connectivity index is 1.91. The lowest BCUT2D eigenvalue weighted by Gasteiger charge is -2.18. The smallest absolute Gasteiger partial charge is 0.226 e. The third-order valence-electron chi connectivity index (χ3n) is 3.14. The number of hydrogen-bond donors (Lipinski definition) is 2. The first-order valence-corrected chi connectivity index (χ1v) is 6.87. The van der Waals surface area contributed by atoms with E-state index in [-0.39, 0.29) is 18.1 Å². The minimum atomic E-state index is 0.0131. The minimum Gasteiger partial charge on any atom is -0.378 e. The van der Waals surface area contributed by atoms with Crippen molar-refractivity contribution >= 4 is 17.2 Å². The van der Waals surface area contributed by atoms with Gasteiger partial charge in [0.1, 0.15) is 0 Å². The van der Waals surface area contributed by atoms with Crippen LogP contribution in [0.4, 0.5) is 0 Å². The standard InChI is InChI=1S/C12H19N3O2S/c1-7-9(14-8(2)18-7)4-12(16)15-10-5-13-6-11(10)17-3/h10-11,13H,4-6H2,1-3H3,(H,15,16)/t10?,11-/m0/s1. The minimum absolute atomic E-state index is 0.0131. The number of methoxy groups -OCH3 is 1. The number of thiazole rings is 1. The zero-order valence-electron chi connectivity index (χ0n) is 10.9. The molecule has 0 saturated carbocycles. The second-order valence-corrected chi connectivity index (χ2v) is 5.93. The number of ether oxygens (including phenoxy) is 1. The molecule has 100 valence electrons. The van der Waals surface area contributed by atoms with Gasteiger partial charge in [0.25, 0.3) is 0 Å². The lowest BCUT2D eigenvalue weighted by Crippen LogP contribution is -2.44. The molecule has 1 fully saturated rings. The molecular weight excluding hydrogens is 250 g/mol. The van der Waals surface area contributed by atoms with Crippen LogP contribution in [0.2, 0.25) is 0 Å². The molecule has 2 heterocycles. The van der Waals surface area contributed by atoms with Gasteiger partial charge in [0.15, 0.2) is 0 Å². The van der Waals surface area contributed by atoms with Gasteiger partial charge in [0.05, 0.1) is 29.3 Å². The first-order chi connectivity index (χ1) is 8.60. The molecular formula is C12H19N3O2S. The molecule has 1 unspecified atom stereocenters. The van der Waals surface area contributed by atoms with Gasteiger partial charge in [0, 0.05) is 25.1 Å². The van der Waals surface area contributed by atoms with Gasteiger partial charge in [-0.2, -0.15) is 0 Å². The summed E-state index contributed by atoms with van der Waals surface area (Å²) in [6, 6.07) is 0.0579. The molecule has 2 rings (SSSR count). The second kappa shape index (κ2) is 5.77. The number of nitrogens with one attached hydrogen (secondary N) is 2. The summed E-state index contributed by atoms with van der Waals surface area (Å²) >= 11 is 1.63. The summed E-state index contributed by atoms with van der Waals surface area (Å²) in [7, 11) is 1.67. The Kier molecular flexibility index (Phi) is 4.31. The summed E-state index contributed by atoms with van der Waals surface area (Å²) in [6.07, 6.45) is 0.413. The van der Waals surface area contributed by atoms with Crippen molar-refractivity contribution in [2.45, 2.75) is 32.4 Å². The SMILES string of the molecule is CO[C@H]1CNCC1NC(=O)Cc1nc(C)sc1C. The zero-order valence-corrected chi connectivity index (χ0v) is 11.8. The molecule has 1 aromatic rings. The third-order valence-corrected chi connectivity index (χ3v) is 4.06. The number of amides is 1. The van der Waals surface area contributed by atoms with Crippen molar-refractivity contribution in [3.8, 4) is 0 Å². The summed E-state index contributed by atoms with van der Waals surface area (Å²) in [6.45, 7) is 5.51. The fraction of sp³-hybridized carbons (Fsp3) is 0.667. The number of hydrogen-bond acceptors (Lipinski definition) is 5. The highest BCUT2D eigenvalue weighted by atomic mass is 32.1. The molecule has 1 aliphatic heterocycles. The van der Waals surface area contributed by atoms with Crippen molar-refractivity contribution in [3.05, 3.63) is 15.6 Å². The second-order valence-electron chi connectivity index (χ2n) is 4.52. The van der Waals surface area contributed by atoms with Crippen LogP contribution in [0, 0.1) is 13.8 Å². The van der Waals surface area contributed by atoms with Gasteiger partial charge >= 0.3 is 0 Å². The van der Waals surface area contributed by atoms with Crippen LogP contribution in [0.3, 0.4) is 0 Å². The molecule has 0 bridgehead atoms. The monoisotopic (exact) mass is 269 g/mol. The number of nitrogens with zero attached hydrogens (tertiary/aromatic N) is 1. The van der Waals surface area contributed by atoms with Crippen LogP contribution in [0.1, 0.15) is 15.6 Å². The van der Waals surface area contributed by atoms with Crippen molar-refractivity contribution in [2.75, 3.05) is 20.2 Å². The molecule has 1 aromatic heterocycles. The molecule has 5 nitrogen and oxygen atoms in total. The van der Waals surface area contributed by atoms with E-state index < -0.39 is 0 Å². The highest BCUT2D eigenvalue weighted by Crippen LogP contribution is 2.16. The first kappa shape index (κ1) is 13.5. The molecule has 0 aromatic carbocycles. The fourth-order valence-corrected chi connectivity index (χ4v) is 3.03. The predicted molar refractivity (Wildman–Crippen MR) is 70.9 cm³/mol. The van der Waals surface area contributed by atoms with Crippen molar-refractivity contribution in [2.24, 2.45) is 0 Å². The zero-order chi connectivity index (χ0) is 13.1. The molecule has 1 amide bonds. The maximum atomic E-state index is 12.0. The van der Waals surface area contributed by atoms with Crippen molar-refractivity contribution < 1.29 is 9.53 Å². The number of carbonyl (C=O) groups excluding carboxylic acids is 1. The van der Waals surface area contributed by atoms with Crippen LogP contribution >= 0.6 is 11.3 Å². The Hall–Kier alpha value is -0.980. The summed E-state index contributed by atoms with van der Waals surface area (Å²) in [4.78, 5) is 17.5. The maximum absolute atomic E-state index is 12.0. The Labute approximate surface area is 111 Å². The maximum Gasteiger partial charge on any atom is 0.226 e. The van der Waals surface area contributed by atoms with Gasteiger partial charge < -0.3 is 15.4 Å². The van der Waals surface area contributed by atoms with Gasteiger partial charge in [-0.25, -0.2) is 4.98 Å². The Morgan fingerprint density at radius 3 is 2.94 bits per heavy atom. The average Bonchev–Trinajstić information content (AvgIpc) is 2.86. The molecule has 1 saturated heterocycles. The lowest BCUT2D eigenvalue weighted by atomic mass is 10.2. The van der Waals surface area contributed by atoms with E-state index in [4.69, 9.17) is 4.74 Å². The molecule has 2 N–H and O–H groups in total. The fourth-order valence-electron chi connectivity index (χ4n) is 2.19. The van der Waals surface area contributed by atoms with Crippen LogP contribution in [0.5, 0.6) is 0 Å². The molecule has 18 heavy (non-hydrogen) atoms. The summed E-state index contributed by atoms with van der Waals surface area (Å²) in [5.41, 5.74) is 0.884. The normalized spacial score (nSPS) is 23.3. The van der Waals surface area contributed by atoms with E-state index in [9.17, 15) is 4.79 Å². The quantitative estimate of drug-likeness (QED) is 0.831. The average molecular weight is 269 g/mol. The first-order valence-electron chi connectivity index (χ1n) is 6.06. The van der Waals surface area contributed by atoms with Crippen LogP contribution < -0.4 is 10.6 Å².